The number of hydrogen-bond donors (Lipinski definition) is 2. The van der Waals surface area contributed by atoms with Crippen molar-refractivity contribution in [3.8, 4) is 5.75 Å². The molecule has 1 atom stereocenters. The highest BCUT2D eigenvalue weighted by molar-refractivity contribution is 6.32. The highest BCUT2D eigenvalue weighted by Crippen LogP contribution is 2.28. The van der Waals surface area contributed by atoms with Gasteiger partial charge in [-0.3, -0.25) is 0 Å². The minimum Gasteiger partial charge on any atom is -0.492 e. The maximum Gasteiger partial charge on any atom is 0.137 e. The lowest BCUT2D eigenvalue weighted by atomic mass is 10.1. The Bertz CT molecular complexity index is 415. The molecule has 20 heavy (non-hydrogen) atoms. The molecule has 114 valence electrons. The second-order valence-electron chi connectivity index (χ2n) is 5.78. The first-order valence-electron chi connectivity index (χ1n) is 7.21. The third-order valence-electron chi connectivity index (χ3n) is 3.13. The Morgan fingerprint density at radius 1 is 1.40 bits per heavy atom. The van der Waals surface area contributed by atoms with Gasteiger partial charge in [-0.25, -0.2) is 0 Å². The molecule has 0 amide bonds. The van der Waals surface area contributed by atoms with Crippen LogP contribution in [0.25, 0.3) is 0 Å². The highest BCUT2D eigenvalue weighted by Gasteiger charge is 2.13. The van der Waals surface area contributed by atoms with Gasteiger partial charge in [0.15, 0.2) is 0 Å². The molecule has 0 aromatic heterocycles. The molecule has 1 rings (SSSR count). The van der Waals surface area contributed by atoms with E-state index in [0.717, 1.165) is 18.5 Å². The van der Waals surface area contributed by atoms with Crippen molar-refractivity contribution in [2.45, 2.75) is 52.2 Å². The molecule has 0 saturated carbocycles. The Balaban J connectivity index is 2.59. The normalized spacial score (nSPS) is 13.3. The molecule has 1 unspecified atom stereocenters. The first kappa shape index (κ1) is 17.3. The summed E-state index contributed by atoms with van der Waals surface area (Å²) in [5.74, 6) is 0.669. The zero-order chi connectivity index (χ0) is 15.2. The van der Waals surface area contributed by atoms with E-state index >= 15 is 0 Å². The number of rotatable bonds is 8. The standard InChI is InChI=1S/C16H26ClNO2/c1-5-9-18-12(2)13-6-7-15(14(17)11-13)20-10-8-16(3,4)19/h6-7,11-12,18-19H,5,8-10H2,1-4H3. The summed E-state index contributed by atoms with van der Waals surface area (Å²) in [5.41, 5.74) is 0.434. The van der Waals surface area contributed by atoms with Gasteiger partial charge in [-0.1, -0.05) is 24.6 Å². The van der Waals surface area contributed by atoms with Crippen LogP contribution in [0.15, 0.2) is 18.2 Å². The predicted octanol–water partition coefficient (Wildman–Crippen LogP) is 3.94. The summed E-state index contributed by atoms with van der Waals surface area (Å²) in [6.07, 6.45) is 1.68. The van der Waals surface area contributed by atoms with E-state index in [1.54, 1.807) is 13.8 Å². The molecule has 3 nitrogen and oxygen atoms in total. The summed E-state index contributed by atoms with van der Waals surface area (Å²) in [6.45, 7) is 9.24. The van der Waals surface area contributed by atoms with Crippen LogP contribution in [0.4, 0.5) is 0 Å². The molecule has 0 aliphatic carbocycles. The largest absolute Gasteiger partial charge is 0.492 e. The maximum atomic E-state index is 9.64. The number of benzene rings is 1. The second-order valence-corrected chi connectivity index (χ2v) is 6.18. The quantitative estimate of drug-likeness (QED) is 0.764. The fraction of sp³-hybridized carbons (Fsp3) is 0.625. The average Bonchev–Trinajstić information content (AvgIpc) is 2.36. The third kappa shape index (κ3) is 6.12. The molecule has 0 bridgehead atoms. The molecule has 1 aromatic carbocycles. The molecule has 2 N–H and O–H groups in total. The summed E-state index contributed by atoms with van der Waals surface area (Å²) in [5, 5.41) is 13.7. The van der Waals surface area contributed by atoms with Crippen LogP contribution >= 0.6 is 11.6 Å². The zero-order valence-electron chi connectivity index (χ0n) is 12.9. The monoisotopic (exact) mass is 299 g/mol. The van der Waals surface area contributed by atoms with Crippen molar-refractivity contribution in [1.29, 1.82) is 0 Å². The van der Waals surface area contributed by atoms with Gasteiger partial charge in [-0.2, -0.15) is 0 Å². The van der Waals surface area contributed by atoms with Gasteiger partial charge in [0, 0.05) is 12.5 Å². The number of aliphatic hydroxyl groups is 1. The molecule has 0 aliphatic rings. The van der Waals surface area contributed by atoms with Gasteiger partial charge >= 0.3 is 0 Å². The number of nitrogens with one attached hydrogen (secondary N) is 1. The van der Waals surface area contributed by atoms with E-state index < -0.39 is 5.60 Å². The molecule has 0 radical (unpaired) electrons. The summed E-state index contributed by atoms with van der Waals surface area (Å²) in [4.78, 5) is 0. The molecule has 0 fully saturated rings. The molecular weight excluding hydrogens is 274 g/mol. The summed E-state index contributed by atoms with van der Waals surface area (Å²) in [7, 11) is 0. The fourth-order valence-corrected chi connectivity index (χ4v) is 2.04. The van der Waals surface area contributed by atoms with Crippen molar-refractivity contribution in [1.82, 2.24) is 5.32 Å². The molecule has 1 aromatic rings. The maximum absolute atomic E-state index is 9.64. The predicted molar refractivity (Wildman–Crippen MR) is 84.6 cm³/mol. The van der Waals surface area contributed by atoms with Crippen LogP contribution in [0.5, 0.6) is 5.75 Å². The Labute approximate surface area is 127 Å². The first-order valence-corrected chi connectivity index (χ1v) is 7.59. The van der Waals surface area contributed by atoms with Crippen molar-refractivity contribution < 1.29 is 9.84 Å². The van der Waals surface area contributed by atoms with Gasteiger partial charge in [0.05, 0.1) is 17.2 Å². The van der Waals surface area contributed by atoms with E-state index in [1.165, 1.54) is 0 Å². The van der Waals surface area contributed by atoms with E-state index in [4.69, 9.17) is 16.3 Å². The van der Waals surface area contributed by atoms with Gasteiger partial charge in [0.2, 0.25) is 0 Å². The van der Waals surface area contributed by atoms with Gasteiger partial charge in [-0.05, 0) is 51.4 Å². The van der Waals surface area contributed by atoms with E-state index in [-0.39, 0.29) is 6.04 Å². The van der Waals surface area contributed by atoms with Crippen molar-refractivity contribution in [3.63, 3.8) is 0 Å². The second kappa shape index (κ2) is 7.87. The topological polar surface area (TPSA) is 41.5 Å². The van der Waals surface area contributed by atoms with Gasteiger partial charge in [0.1, 0.15) is 5.75 Å². The van der Waals surface area contributed by atoms with Crippen LogP contribution in [-0.2, 0) is 0 Å². The van der Waals surface area contributed by atoms with Crippen LogP contribution in [0, 0.1) is 0 Å². The zero-order valence-corrected chi connectivity index (χ0v) is 13.6. The van der Waals surface area contributed by atoms with Crippen LogP contribution < -0.4 is 10.1 Å². The molecular formula is C16H26ClNO2. The lowest BCUT2D eigenvalue weighted by Gasteiger charge is -2.18. The van der Waals surface area contributed by atoms with E-state index in [0.29, 0.717) is 23.8 Å². The summed E-state index contributed by atoms with van der Waals surface area (Å²) < 4.78 is 5.62. The number of hydrogen-bond acceptors (Lipinski definition) is 3. The molecule has 0 aliphatic heterocycles. The van der Waals surface area contributed by atoms with Crippen molar-refractivity contribution >= 4 is 11.6 Å². The molecule has 0 heterocycles. The lowest BCUT2D eigenvalue weighted by molar-refractivity contribution is 0.0553. The fourth-order valence-electron chi connectivity index (χ4n) is 1.79. The highest BCUT2D eigenvalue weighted by atomic mass is 35.5. The van der Waals surface area contributed by atoms with Crippen molar-refractivity contribution in [2.24, 2.45) is 0 Å². The summed E-state index contributed by atoms with van der Waals surface area (Å²) >= 11 is 6.24. The Morgan fingerprint density at radius 2 is 2.10 bits per heavy atom. The molecule has 0 spiro atoms. The lowest BCUT2D eigenvalue weighted by Crippen LogP contribution is -2.22. The SMILES string of the molecule is CCCNC(C)c1ccc(OCCC(C)(C)O)c(Cl)c1. The van der Waals surface area contributed by atoms with Crippen molar-refractivity contribution in [2.75, 3.05) is 13.2 Å². The van der Waals surface area contributed by atoms with Gasteiger partial charge in [-0.15, -0.1) is 0 Å². The van der Waals surface area contributed by atoms with Crippen LogP contribution in [0.2, 0.25) is 5.02 Å². The van der Waals surface area contributed by atoms with Gasteiger partial charge in [0.25, 0.3) is 0 Å². The van der Waals surface area contributed by atoms with Crippen molar-refractivity contribution in [3.05, 3.63) is 28.8 Å². The van der Waals surface area contributed by atoms with Crippen LogP contribution in [0.3, 0.4) is 0 Å². The molecule has 4 heteroatoms. The minimum absolute atomic E-state index is 0.276. The van der Waals surface area contributed by atoms with Gasteiger partial charge < -0.3 is 15.2 Å². The summed E-state index contributed by atoms with van der Waals surface area (Å²) in [6, 6.07) is 6.14. The Kier molecular flexibility index (Phi) is 6.80. The molecule has 0 saturated heterocycles. The number of halogens is 1. The van der Waals surface area contributed by atoms with Crippen LogP contribution in [-0.4, -0.2) is 23.9 Å². The Hall–Kier alpha value is -0.770. The third-order valence-corrected chi connectivity index (χ3v) is 3.42. The smallest absolute Gasteiger partial charge is 0.137 e. The van der Waals surface area contributed by atoms with Crippen LogP contribution in [0.1, 0.15) is 52.1 Å². The Morgan fingerprint density at radius 3 is 2.65 bits per heavy atom. The first-order chi connectivity index (χ1) is 9.33. The van der Waals surface area contributed by atoms with E-state index in [2.05, 4.69) is 19.2 Å². The van der Waals surface area contributed by atoms with E-state index in [9.17, 15) is 5.11 Å². The average molecular weight is 300 g/mol. The number of ether oxygens (including phenoxy) is 1. The minimum atomic E-state index is -0.717. The van der Waals surface area contributed by atoms with E-state index in [1.807, 2.05) is 18.2 Å².